The molecule has 0 spiro atoms. The number of anilines is 1. The lowest BCUT2D eigenvalue weighted by molar-refractivity contribution is -0.142. The van der Waals surface area contributed by atoms with E-state index < -0.39 is 59.7 Å². The van der Waals surface area contributed by atoms with Gasteiger partial charge < -0.3 is 31.7 Å². The van der Waals surface area contributed by atoms with Crippen LogP contribution >= 0.6 is 15.9 Å². The standard InChI is InChI=1S/C40H40BrN5O7/c41-29-16-14-28(15-17-29)36-39(51)44-32(23-26-9-5-2-6-10-26)38(50)45-33(40(52)53)24-27-11-18-30(19-12-27)42-34(47)21-22-35(48)43-31(37(49)46-36)20-13-25-7-3-1-4-8-25/h1-12,14-19,31-33,36H,13,20-24H2,(H,42,47)(H,43,48)(H,44,51)(H,45,50)(H,46,49)(H,52,53)/t31-,32-,33+,36?/m1/s1. The minimum Gasteiger partial charge on any atom is -0.480 e. The minimum absolute atomic E-state index is 0.0237. The van der Waals surface area contributed by atoms with Gasteiger partial charge in [0.1, 0.15) is 24.2 Å². The van der Waals surface area contributed by atoms with E-state index >= 15 is 0 Å². The molecule has 6 rings (SSSR count). The second-order valence-corrected chi connectivity index (χ2v) is 13.7. The molecule has 4 aromatic rings. The average molecular weight is 783 g/mol. The number of benzene rings is 4. The molecule has 2 heterocycles. The highest BCUT2D eigenvalue weighted by Gasteiger charge is 2.32. The third-order valence-corrected chi connectivity index (χ3v) is 9.28. The van der Waals surface area contributed by atoms with Crippen molar-refractivity contribution in [1.82, 2.24) is 21.3 Å². The maximum atomic E-state index is 14.2. The monoisotopic (exact) mass is 781 g/mol. The fourth-order valence-electron chi connectivity index (χ4n) is 5.89. The Morgan fingerprint density at radius 2 is 1.25 bits per heavy atom. The van der Waals surface area contributed by atoms with Gasteiger partial charge in [0.15, 0.2) is 0 Å². The zero-order chi connectivity index (χ0) is 37.7. The van der Waals surface area contributed by atoms with Gasteiger partial charge in [0.2, 0.25) is 29.5 Å². The van der Waals surface area contributed by atoms with Gasteiger partial charge >= 0.3 is 5.97 Å². The summed E-state index contributed by atoms with van der Waals surface area (Å²) in [4.78, 5) is 80.4. The van der Waals surface area contributed by atoms with Gasteiger partial charge in [-0.15, -0.1) is 0 Å². The zero-order valence-electron chi connectivity index (χ0n) is 28.7. The van der Waals surface area contributed by atoms with Crippen LogP contribution in [0.4, 0.5) is 5.69 Å². The smallest absolute Gasteiger partial charge is 0.326 e. The molecule has 0 aromatic heterocycles. The van der Waals surface area contributed by atoms with Gasteiger partial charge in [-0.2, -0.15) is 0 Å². The maximum absolute atomic E-state index is 14.2. The first-order valence-electron chi connectivity index (χ1n) is 17.2. The summed E-state index contributed by atoms with van der Waals surface area (Å²) in [6.07, 6.45) is 0.185. The molecule has 4 atom stereocenters. The van der Waals surface area contributed by atoms with Crippen molar-refractivity contribution in [3.63, 3.8) is 0 Å². The van der Waals surface area contributed by atoms with Crippen molar-refractivity contribution in [3.05, 3.63) is 136 Å². The molecule has 53 heavy (non-hydrogen) atoms. The Hall–Kier alpha value is -5.82. The summed E-state index contributed by atoms with van der Waals surface area (Å²) in [6.45, 7) is 0. The van der Waals surface area contributed by atoms with Crippen LogP contribution in [0.15, 0.2) is 114 Å². The molecular formula is C40H40BrN5O7. The Morgan fingerprint density at radius 1 is 0.642 bits per heavy atom. The Kier molecular flexibility index (Phi) is 13.5. The van der Waals surface area contributed by atoms with Gasteiger partial charge in [-0.05, 0) is 59.4 Å². The highest BCUT2D eigenvalue weighted by atomic mass is 79.9. The van der Waals surface area contributed by atoms with E-state index in [1.165, 1.54) is 0 Å². The van der Waals surface area contributed by atoms with Gasteiger partial charge in [0.25, 0.3) is 0 Å². The van der Waals surface area contributed by atoms with Crippen molar-refractivity contribution >= 4 is 57.1 Å². The van der Waals surface area contributed by atoms with E-state index in [1.54, 1.807) is 78.9 Å². The molecule has 0 aliphatic carbocycles. The number of amides is 5. The van der Waals surface area contributed by atoms with Gasteiger partial charge in [0.05, 0.1) is 0 Å². The zero-order valence-corrected chi connectivity index (χ0v) is 30.3. The lowest BCUT2D eigenvalue weighted by Crippen LogP contribution is -2.56. The first-order valence-corrected chi connectivity index (χ1v) is 18.0. The topological polar surface area (TPSA) is 183 Å². The minimum atomic E-state index is -1.35. The summed E-state index contributed by atoms with van der Waals surface area (Å²) >= 11 is 3.39. The molecule has 0 radical (unpaired) electrons. The van der Waals surface area contributed by atoms with Crippen LogP contribution in [0, 0.1) is 0 Å². The number of fused-ring (bicyclic) bond motifs is 18. The van der Waals surface area contributed by atoms with Gasteiger partial charge in [-0.3, -0.25) is 24.0 Å². The van der Waals surface area contributed by atoms with Gasteiger partial charge in [0, 0.05) is 35.8 Å². The number of hydrogen-bond acceptors (Lipinski definition) is 6. The van der Waals surface area contributed by atoms with Crippen LogP contribution < -0.4 is 26.6 Å². The SMILES string of the molecule is O=C1CCC(=O)N[C@H](CCc2ccccc2)C(=O)NC(c2ccc(Br)cc2)C(=O)N[C@H](Cc2ccccc2)C(=O)N[C@H](C(=O)O)Cc2ccc(cc2)N1. The fourth-order valence-corrected chi connectivity index (χ4v) is 6.15. The second kappa shape index (κ2) is 18.6. The summed E-state index contributed by atoms with van der Waals surface area (Å²) in [5.41, 5.74) is 3.04. The van der Waals surface area contributed by atoms with Crippen LogP contribution in [0.5, 0.6) is 0 Å². The van der Waals surface area contributed by atoms with E-state index in [-0.39, 0.29) is 32.1 Å². The highest BCUT2D eigenvalue weighted by molar-refractivity contribution is 9.10. The molecule has 13 heteroatoms. The molecule has 2 aliphatic heterocycles. The highest BCUT2D eigenvalue weighted by Crippen LogP contribution is 2.20. The van der Waals surface area contributed by atoms with Crippen LogP contribution in [-0.4, -0.2) is 58.7 Å². The summed E-state index contributed by atoms with van der Waals surface area (Å²) in [7, 11) is 0. The Balaban J connectivity index is 1.50. The summed E-state index contributed by atoms with van der Waals surface area (Å²) in [5.74, 6) is -4.36. The molecule has 0 fully saturated rings. The van der Waals surface area contributed by atoms with Crippen LogP contribution in [0.3, 0.4) is 0 Å². The van der Waals surface area contributed by atoms with Crippen molar-refractivity contribution in [2.45, 2.75) is 62.7 Å². The first kappa shape index (κ1) is 38.4. The first-order chi connectivity index (χ1) is 25.5. The number of carboxylic acids is 1. The second-order valence-electron chi connectivity index (χ2n) is 12.7. The number of nitrogens with one attached hydrogen (secondary N) is 5. The number of halogens is 1. The average Bonchev–Trinajstić information content (AvgIpc) is 3.15. The molecule has 12 nitrogen and oxygen atoms in total. The molecule has 2 aliphatic rings. The number of hydrogen-bond donors (Lipinski definition) is 6. The predicted molar refractivity (Wildman–Crippen MR) is 201 cm³/mol. The molecule has 274 valence electrons. The van der Waals surface area contributed by atoms with Gasteiger partial charge in [-0.1, -0.05) is 101 Å². The van der Waals surface area contributed by atoms with Crippen LogP contribution in [0.2, 0.25) is 0 Å². The van der Waals surface area contributed by atoms with E-state index in [9.17, 15) is 33.9 Å². The van der Waals surface area contributed by atoms with Crippen molar-refractivity contribution in [1.29, 1.82) is 0 Å². The van der Waals surface area contributed by atoms with Crippen LogP contribution in [0.25, 0.3) is 0 Å². The van der Waals surface area contributed by atoms with E-state index in [2.05, 4.69) is 42.5 Å². The number of carbonyl (C=O) groups is 6. The summed E-state index contributed by atoms with van der Waals surface area (Å²) in [6, 6.07) is 26.5. The molecule has 0 saturated heterocycles. The molecular weight excluding hydrogens is 742 g/mol. The molecule has 4 aromatic carbocycles. The normalized spacial score (nSPS) is 20.5. The van der Waals surface area contributed by atoms with Crippen molar-refractivity contribution in [2.24, 2.45) is 0 Å². The molecule has 5 amide bonds. The largest absolute Gasteiger partial charge is 0.480 e. The third kappa shape index (κ3) is 11.6. The van der Waals surface area contributed by atoms with Crippen LogP contribution in [-0.2, 0) is 48.0 Å². The summed E-state index contributed by atoms with van der Waals surface area (Å²) < 4.78 is 0.725. The number of carbonyl (C=O) groups excluding carboxylic acids is 5. The Morgan fingerprint density at radius 3 is 1.89 bits per heavy atom. The van der Waals surface area contributed by atoms with Crippen molar-refractivity contribution < 1.29 is 33.9 Å². The van der Waals surface area contributed by atoms with Gasteiger partial charge in [-0.25, -0.2) is 4.79 Å². The van der Waals surface area contributed by atoms with Crippen molar-refractivity contribution in [3.8, 4) is 0 Å². The Bertz CT molecular complexity index is 1910. The molecule has 6 N–H and O–H groups in total. The van der Waals surface area contributed by atoms with E-state index in [1.807, 2.05) is 30.3 Å². The number of rotatable bonds is 7. The van der Waals surface area contributed by atoms with Crippen molar-refractivity contribution in [2.75, 3.05) is 5.32 Å². The lowest BCUT2D eigenvalue weighted by atomic mass is 10.0. The predicted octanol–water partition coefficient (Wildman–Crippen LogP) is 4.00. The maximum Gasteiger partial charge on any atom is 0.326 e. The van der Waals surface area contributed by atoms with E-state index in [0.29, 0.717) is 28.8 Å². The number of carboxylic acid groups (broad SMARTS) is 1. The molecule has 1 unspecified atom stereocenters. The molecule has 0 saturated carbocycles. The lowest BCUT2D eigenvalue weighted by Gasteiger charge is -2.26. The fraction of sp³-hybridized carbons (Fsp3) is 0.250. The number of aryl methyl sites for hydroxylation is 1. The van der Waals surface area contributed by atoms with E-state index in [4.69, 9.17) is 0 Å². The van der Waals surface area contributed by atoms with E-state index in [0.717, 1.165) is 10.0 Å². The Labute approximate surface area is 315 Å². The number of aliphatic carboxylic acids is 1. The van der Waals surface area contributed by atoms with Crippen LogP contribution in [0.1, 0.15) is 47.6 Å². The summed E-state index contributed by atoms with van der Waals surface area (Å²) in [5, 5.41) is 23.7. The third-order valence-electron chi connectivity index (χ3n) is 8.76. The molecule has 2 bridgehead atoms. The quantitative estimate of drug-likeness (QED) is 0.153.